The number of hydrogen-bond acceptors (Lipinski definition) is 5. The number of carbonyl (C=O) groups is 1. The largest absolute Gasteiger partial charge is 0.288 e. The SMILES string of the molecule is Cc1ccc(S(=O)(=O)N=C2C=C(S(=O)(=O)c3ccc(C)cc3)C(=O)c3ccccc32)cc1. The van der Waals surface area contributed by atoms with E-state index in [2.05, 4.69) is 4.40 Å². The van der Waals surface area contributed by atoms with Crippen LogP contribution in [0.4, 0.5) is 0 Å². The Morgan fingerprint density at radius 2 is 1.16 bits per heavy atom. The summed E-state index contributed by atoms with van der Waals surface area (Å²) in [5, 5.41) is 0. The van der Waals surface area contributed by atoms with Crippen LogP contribution in [0.1, 0.15) is 27.0 Å². The number of Topliss-reactive ketones (excluding diaryl/α,β-unsaturated/α-hetero) is 1. The monoisotopic (exact) mass is 465 g/mol. The Labute approximate surface area is 186 Å². The second-order valence-electron chi connectivity index (χ2n) is 7.46. The van der Waals surface area contributed by atoms with Gasteiger partial charge in [-0.1, -0.05) is 59.7 Å². The van der Waals surface area contributed by atoms with Gasteiger partial charge in [0, 0.05) is 11.1 Å². The molecular formula is C24H19NO5S2. The molecule has 3 aromatic carbocycles. The molecule has 0 radical (unpaired) electrons. The molecule has 3 aromatic rings. The first-order valence-electron chi connectivity index (χ1n) is 9.69. The zero-order chi connectivity index (χ0) is 23.1. The first-order chi connectivity index (χ1) is 15.1. The number of carbonyl (C=O) groups excluding carboxylic acids is 1. The van der Waals surface area contributed by atoms with Crippen LogP contribution in [0.3, 0.4) is 0 Å². The fraction of sp³-hybridized carbons (Fsp3) is 0.0833. The zero-order valence-corrected chi connectivity index (χ0v) is 18.9. The highest BCUT2D eigenvalue weighted by Gasteiger charge is 2.34. The van der Waals surface area contributed by atoms with Crippen LogP contribution in [0.25, 0.3) is 0 Å². The fourth-order valence-electron chi connectivity index (χ4n) is 3.32. The molecule has 0 fully saturated rings. The van der Waals surface area contributed by atoms with Crippen molar-refractivity contribution in [3.05, 3.63) is 106 Å². The highest BCUT2D eigenvalue weighted by Crippen LogP contribution is 2.30. The van der Waals surface area contributed by atoms with E-state index >= 15 is 0 Å². The molecule has 0 aliphatic heterocycles. The van der Waals surface area contributed by atoms with E-state index in [0.29, 0.717) is 0 Å². The van der Waals surface area contributed by atoms with Gasteiger partial charge in [0.2, 0.25) is 15.6 Å². The second kappa shape index (κ2) is 7.96. The minimum atomic E-state index is -4.19. The third-order valence-corrected chi connectivity index (χ3v) is 8.18. The maximum absolute atomic E-state index is 13.2. The Kier molecular flexibility index (Phi) is 5.44. The molecule has 4 rings (SSSR count). The molecule has 1 aliphatic rings. The molecule has 0 bridgehead atoms. The predicted molar refractivity (Wildman–Crippen MR) is 122 cm³/mol. The average molecular weight is 466 g/mol. The van der Waals surface area contributed by atoms with E-state index in [1.54, 1.807) is 42.5 Å². The van der Waals surface area contributed by atoms with Crippen LogP contribution in [-0.4, -0.2) is 28.3 Å². The van der Waals surface area contributed by atoms with Gasteiger partial charge in [0.05, 0.1) is 15.5 Å². The van der Waals surface area contributed by atoms with Crippen LogP contribution < -0.4 is 0 Å². The van der Waals surface area contributed by atoms with Gasteiger partial charge in [0.15, 0.2) is 0 Å². The summed E-state index contributed by atoms with van der Waals surface area (Å²) in [5.74, 6) is -0.701. The number of allylic oxidation sites excluding steroid dienone is 2. The number of sulfone groups is 1. The van der Waals surface area contributed by atoms with Gasteiger partial charge in [-0.2, -0.15) is 12.8 Å². The van der Waals surface area contributed by atoms with Crippen molar-refractivity contribution < 1.29 is 21.6 Å². The number of nitrogens with zero attached hydrogens (tertiary/aromatic N) is 1. The van der Waals surface area contributed by atoms with Gasteiger partial charge in [0.1, 0.15) is 4.91 Å². The fourth-order valence-corrected chi connectivity index (χ4v) is 5.68. The Hall–Kier alpha value is -3.36. The van der Waals surface area contributed by atoms with Crippen molar-refractivity contribution in [3.63, 3.8) is 0 Å². The van der Waals surface area contributed by atoms with Crippen LogP contribution >= 0.6 is 0 Å². The average Bonchev–Trinajstić information content (AvgIpc) is 2.76. The summed E-state index contributed by atoms with van der Waals surface area (Å²) in [7, 11) is -8.33. The Bertz CT molecular complexity index is 1500. The highest BCUT2D eigenvalue weighted by atomic mass is 32.2. The van der Waals surface area contributed by atoms with Crippen LogP contribution in [0.15, 0.2) is 98.0 Å². The maximum atomic E-state index is 13.2. The number of hydrogen-bond donors (Lipinski definition) is 0. The van der Waals surface area contributed by atoms with Crippen molar-refractivity contribution in [2.75, 3.05) is 0 Å². The molecule has 1 aliphatic carbocycles. The van der Waals surface area contributed by atoms with Gasteiger partial charge in [-0.05, 0) is 44.2 Å². The molecule has 0 unspecified atom stereocenters. The maximum Gasteiger partial charge on any atom is 0.282 e. The van der Waals surface area contributed by atoms with Crippen molar-refractivity contribution in [1.82, 2.24) is 0 Å². The summed E-state index contributed by atoms with van der Waals surface area (Å²) in [4.78, 5) is 12.5. The molecule has 0 saturated heterocycles. The highest BCUT2D eigenvalue weighted by molar-refractivity contribution is 7.96. The third kappa shape index (κ3) is 3.94. The lowest BCUT2D eigenvalue weighted by Crippen LogP contribution is -2.23. The molecule has 0 aromatic heterocycles. The molecule has 0 N–H and O–H groups in total. The second-order valence-corrected chi connectivity index (χ2v) is 11.0. The smallest absolute Gasteiger partial charge is 0.282 e. The van der Waals surface area contributed by atoms with Crippen molar-refractivity contribution >= 4 is 31.4 Å². The van der Waals surface area contributed by atoms with Crippen molar-refractivity contribution in [2.45, 2.75) is 23.6 Å². The van der Waals surface area contributed by atoms with Gasteiger partial charge in [-0.25, -0.2) is 8.42 Å². The number of benzene rings is 3. The summed E-state index contributed by atoms with van der Waals surface area (Å²) in [5.41, 5.74) is 1.99. The van der Waals surface area contributed by atoms with Crippen LogP contribution in [0.5, 0.6) is 0 Å². The first-order valence-corrected chi connectivity index (χ1v) is 12.6. The normalized spacial score (nSPS) is 15.4. The summed E-state index contributed by atoms with van der Waals surface area (Å²) < 4.78 is 56.2. The van der Waals surface area contributed by atoms with Gasteiger partial charge in [-0.15, -0.1) is 0 Å². The van der Waals surface area contributed by atoms with E-state index < -0.39 is 30.5 Å². The van der Waals surface area contributed by atoms with Crippen molar-refractivity contribution in [3.8, 4) is 0 Å². The quantitative estimate of drug-likeness (QED) is 0.579. The van der Waals surface area contributed by atoms with E-state index in [4.69, 9.17) is 0 Å². The van der Waals surface area contributed by atoms with Crippen molar-refractivity contribution in [2.24, 2.45) is 4.40 Å². The minimum Gasteiger partial charge on any atom is -0.288 e. The lowest BCUT2D eigenvalue weighted by Gasteiger charge is -2.18. The number of ketones is 1. The zero-order valence-electron chi connectivity index (χ0n) is 17.3. The summed E-state index contributed by atoms with van der Waals surface area (Å²) in [6, 6.07) is 18.5. The molecule has 162 valence electrons. The van der Waals surface area contributed by atoms with Crippen LogP contribution in [0, 0.1) is 13.8 Å². The van der Waals surface area contributed by atoms with E-state index in [1.807, 2.05) is 13.8 Å². The summed E-state index contributed by atoms with van der Waals surface area (Å²) >= 11 is 0. The molecule has 0 saturated carbocycles. The molecule has 8 heteroatoms. The van der Waals surface area contributed by atoms with Gasteiger partial charge >= 0.3 is 0 Å². The molecule has 6 nitrogen and oxygen atoms in total. The Balaban J connectivity index is 1.92. The predicted octanol–water partition coefficient (Wildman–Crippen LogP) is 4.04. The summed E-state index contributed by atoms with van der Waals surface area (Å²) in [6.45, 7) is 3.65. The first kappa shape index (κ1) is 21.9. The van der Waals surface area contributed by atoms with E-state index in [9.17, 15) is 21.6 Å². The summed E-state index contributed by atoms with van der Waals surface area (Å²) in [6.07, 6.45) is 1.05. The number of sulfonamides is 1. The van der Waals surface area contributed by atoms with Crippen LogP contribution in [-0.2, 0) is 19.9 Å². The minimum absolute atomic E-state index is 0.0266. The van der Waals surface area contributed by atoms with Gasteiger partial charge < -0.3 is 0 Å². The molecule has 32 heavy (non-hydrogen) atoms. The van der Waals surface area contributed by atoms with Gasteiger partial charge in [-0.3, -0.25) is 4.79 Å². The van der Waals surface area contributed by atoms with Gasteiger partial charge in [0.25, 0.3) is 10.0 Å². The number of aryl methyl sites for hydroxylation is 2. The lowest BCUT2D eigenvalue weighted by atomic mass is 9.94. The van der Waals surface area contributed by atoms with E-state index in [-0.39, 0.29) is 26.6 Å². The molecular weight excluding hydrogens is 446 g/mol. The van der Waals surface area contributed by atoms with Crippen molar-refractivity contribution in [1.29, 1.82) is 0 Å². The van der Waals surface area contributed by atoms with E-state index in [0.717, 1.165) is 17.2 Å². The third-order valence-electron chi connectivity index (χ3n) is 5.10. The standard InChI is InChI=1S/C24H19NO5S2/c1-16-7-11-18(12-8-16)31(27,28)23-15-22(20-5-3-4-6-21(20)24(23)26)25-32(29,30)19-13-9-17(2)10-14-19/h3-15H,1-2H3. The number of rotatable bonds is 4. The number of fused-ring (bicyclic) bond motifs is 1. The lowest BCUT2D eigenvalue weighted by molar-refractivity contribution is 0.104. The Morgan fingerprint density at radius 3 is 1.72 bits per heavy atom. The molecule has 0 spiro atoms. The molecule has 0 heterocycles. The topological polar surface area (TPSA) is 97.7 Å². The molecule has 0 amide bonds. The van der Waals surface area contributed by atoms with E-state index in [1.165, 1.54) is 30.3 Å². The van der Waals surface area contributed by atoms with Crippen LogP contribution in [0.2, 0.25) is 0 Å². The Morgan fingerprint density at radius 1 is 0.656 bits per heavy atom. The molecule has 0 atom stereocenters.